The van der Waals surface area contributed by atoms with E-state index in [2.05, 4.69) is 10.2 Å². The molecule has 1 heterocycles. The Morgan fingerprint density at radius 3 is 3.16 bits per heavy atom. The molecule has 0 bridgehead atoms. The molecule has 1 saturated heterocycles. The number of nitrogens with one attached hydrogen (secondary N) is 1. The minimum Gasteiger partial charge on any atom is -0.469 e. The molecule has 0 aromatic heterocycles. The first-order valence-electron chi connectivity index (χ1n) is 6.34. The molecular weight excluding hydrogens is 244 g/mol. The quantitative estimate of drug-likeness (QED) is 0.643. The van der Waals surface area contributed by atoms with Crippen LogP contribution < -0.4 is 10.2 Å². The Morgan fingerprint density at radius 1 is 1.58 bits per heavy atom. The lowest BCUT2D eigenvalue weighted by Crippen LogP contribution is -2.52. The number of nitrogens with zero attached hydrogens (tertiary/aromatic N) is 1. The molecule has 1 aliphatic rings. The summed E-state index contributed by atoms with van der Waals surface area (Å²) in [7, 11) is 1.40. The number of carbonyl (C=O) groups excluding carboxylic acids is 2. The fourth-order valence-corrected chi connectivity index (χ4v) is 2.34. The SMILES string of the molecule is COC(=O)CC1CNCCN1c1cccc(C=O)c1. The van der Waals surface area contributed by atoms with Gasteiger partial charge in [-0.15, -0.1) is 0 Å². The van der Waals surface area contributed by atoms with E-state index in [1.807, 2.05) is 18.2 Å². The highest BCUT2D eigenvalue weighted by molar-refractivity contribution is 5.77. The first kappa shape index (κ1) is 13.5. The summed E-state index contributed by atoms with van der Waals surface area (Å²) in [5.41, 5.74) is 1.62. The average Bonchev–Trinajstić information content (AvgIpc) is 2.47. The molecule has 5 nitrogen and oxygen atoms in total. The van der Waals surface area contributed by atoms with Gasteiger partial charge in [0.25, 0.3) is 0 Å². The van der Waals surface area contributed by atoms with Gasteiger partial charge in [-0.05, 0) is 12.1 Å². The molecule has 1 unspecified atom stereocenters. The molecule has 1 aromatic rings. The van der Waals surface area contributed by atoms with Crippen LogP contribution in [0.1, 0.15) is 16.8 Å². The van der Waals surface area contributed by atoms with Crippen LogP contribution in [0.5, 0.6) is 0 Å². The van der Waals surface area contributed by atoms with Gasteiger partial charge in [-0.1, -0.05) is 12.1 Å². The second-order valence-electron chi connectivity index (χ2n) is 4.54. The van der Waals surface area contributed by atoms with E-state index >= 15 is 0 Å². The summed E-state index contributed by atoms with van der Waals surface area (Å²) >= 11 is 0. The summed E-state index contributed by atoms with van der Waals surface area (Å²) in [6.45, 7) is 2.41. The molecule has 1 fully saturated rings. The number of carbonyl (C=O) groups is 2. The fourth-order valence-electron chi connectivity index (χ4n) is 2.34. The number of hydrogen-bond acceptors (Lipinski definition) is 5. The second kappa shape index (κ2) is 6.33. The van der Waals surface area contributed by atoms with Gasteiger partial charge in [0.1, 0.15) is 6.29 Å². The van der Waals surface area contributed by atoms with Crippen LogP contribution >= 0.6 is 0 Å². The second-order valence-corrected chi connectivity index (χ2v) is 4.54. The van der Waals surface area contributed by atoms with E-state index in [9.17, 15) is 9.59 Å². The van der Waals surface area contributed by atoms with Crippen molar-refractivity contribution in [1.82, 2.24) is 5.32 Å². The third kappa shape index (κ3) is 3.32. The third-order valence-corrected chi connectivity index (χ3v) is 3.32. The maximum atomic E-state index is 11.4. The van der Waals surface area contributed by atoms with Crippen molar-refractivity contribution in [3.63, 3.8) is 0 Å². The minimum atomic E-state index is -0.217. The highest BCUT2D eigenvalue weighted by atomic mass is 16.5. The molecule has 19 heavy (non-hydrogen) atoms. The number of ether oxygens (including phenoxy) is 1. The highest BCUT2D eigenvalue weighted by Crippen LogP contribution is 2.21. The van der Waals surface area contributed by atoms with Gasteiger partial charge in [-0.25, -0.2) is 0 Å². The Labute approximate surface area is 112 Å². The molecule has 1 N–H and O–H groups in total. The van der Waals surface area contributed by atoms with Crippen molar-refractivity contribution in [2.24, 2.45) is 0 Å². The predicted octanol–water partition coefficient (Wildman–Crippen LogP) is 0.840. The molecule has 1 atom stereocenters. The Morgan fingerprint density at radius 2 is 2.42 bits per heavy atom. The predicted molar refractivity (Wildman–Crippen MR) is 72.5 cm³/mol. The Balaban J connectivity index is 2.18. The normalized spacial score (nSPS) is 19.0. The van der Waals surface area contributed by atoms with Crippen LogP contribution in [0, 0.1) is 0 Å². The van der Waals surface area contributed by atoms with E-state index in [4.69, 9.17) is 4.74 Å². The number of rotatable bonds is 4. The lowest BCUT2D eigenvalue weighted by Gasteiger charge is -2.37. The van der Waals surface area contributed by atoms with Gasteiger partial charge < -0.3 is 15.0 Å². The van der Waals surface area contributed by atoms with E-state index in [0.29, 0.717) is 12.0 Å². The zero-order valence-electron chi connectivity index (χ0n) is 11.0. The van der Waals surface area contributed by atoms with Gasteiger partial charge in [0.05, 0.1) is 19.6 Å². The lowest BCUT2D eigenvalue weighted by atomic mass is 10.1. The molecule has 0 amide bonds. The van der Waals surface area contributed by atoms with Gasteiger partial charge in [-0.2, -0.15) is 0 Å². The van der Waals surface area contributed by atoms with E-state index < -0.39 is 0 Å². The van der Waals surface area contributed by atoms with E-state index in [1.165, 1.54) is 7.11 Å². The van der Waals surface area contributed by atoms with Crippen LogP contribution in [0.4, 0.5) is 5.69 Å². The Hall–Kier alpha value is -1.88. The summed E-state index contributed by atoms with van der Waals surface area (Å²) in [6.07, 6.45) is 1.18. The first-order valence-corrected chi connectivity index (χ1v) is 6.34. The number of aldehydes is 1. The monoisotopic (exact) mass is 262 g/mol. The Kier molecular flexibility index (Phi) is 4.52. The summed E-state index contributed by atoms with van der Waals surface area (Å²) in [5, 5.41) is 3.27. The molecular formula is C14H18N2O3. The van der Waals surface area contributed by atoms with Crippen molar-refractivity contribution in [3.8, 4) is 0 Å². The molecule has 2 rings (SSSR count). The van der Waals surface area contributed by atoms with Gasteiger partial charge in [-0.3, -0.25) is 9.59 Å². The van der Waals surface area contributed by atoms with E-state index in [1.54, 1.807) is 6.07 Å². The van der Waals surface area contributed by atoms with Crippen molar-refractivity contribution in [1.29, 1.82) is 0 Å². The van der Waals surface area contributed by atoms with Crippen LogP contribution in [0.15, 0.2) is 24.3 Å². The van der Waals surface area contributed by atoms with Gasteiger partial charge in [0, 0.05) is 30.9 Å². The summed E-state index contributed by atoms with van der Waals surface area (Å²) < 4.78 is 4.73. The van der Waals surface area contributed by atoms with Crippen molar-refractivity contribution in [3.05, 3.63) is 29.8 Å². The van der Waals surface area contributed by atoms with Crippen LogP contribution in [0.3, 0.4) is 0 Å². The number of anilines is 1. The number of benzene rings is 1. The van der Waals surface area contributed by atoms with Crippen molar-refractivity contribution >= 4 is 17.9 Å². The number of esters is 1. The van der Waals surface area contributed by atoms with E-state index in [-0.39, 0.29) is 12.0 Å². The summed E-state index contributed by atoms with van der Waals surface area (Å²) in [4.78, 5) is 24.4. The van der Waals surface area contributed by atoms with Crippen LogP contribution in [-0.2, 0) is 9.53 Å². The molecule has 5 heteroatoms. The molecule has 102 valence electrons. The van der Waals surface area contributed by atoms with Crippen molar-refractivity contribution in [2.75, 3.05) is 31.6 Å². The minimum absolute atomic E-state index is 0.0584. The van der Waals surface area contributed by atoms with Crippen LogP contribution in [-0.4, -0.2) is 45.0 Å². The molecule has 0 aliphatic carbocycles. The first-order chi connectivity index (χ1) is 9.24. The maximum absolute atomic E-state index is 11.4. The summed E-state index contributed by atoms with van der Waals surface area (Å²) in [5.74, 6) is -0.217. The van der Waals surface area contributed by atoms with Crippen LogP contribution in [0.25, 0.3) is 0 Å². The lowest BCUT2D eigenvalue weighted by molar-refractivity contribution is -0.141. The van der Waals surface area contributed by atoms with Crippen molar-refractivity contribution < 1.29 is 14.3 Å². The number of hydrogen-bond donors (Lipinski definition) is 1. The van der Waals surface area contributed by atoms with Crippen molar-refractivity contribution in [2.45, 2.75) is 12.5 Å². The zero-order chi connectivity index (χ0) is 13.7. The average molecular weight is 262 g/mol. The van der Waals surface area contributed by atoms with Gasteiger partial charge >= 0.3 is 5.97 Å². The van der Waals surface area contributed by atoms with Gasteiger partial charge in [0.15, 0.2) is 0 Å². The number of piperazine rings is 1. The summed E-state index contributed by atoms with van der Waals surface area (Å²) in [6, 6.07) is 7.50. The molecule has 1 aliphatic heterocycles. The highest BCUT2D eigenvalue weighted by Gasteiger charge is 2.25. The maximum Gasteiger partial charge on any atom is 0.307 e. The molecule has 0 radical (unpaired) electrons. The Bertz CT molecular complexity index is 462. The third-order valence-electron chi connectivity index (χ3n) is 3.32. The fraction of sp³-hybridized carbons (Fsp3) is 0.429. The largest absolute Gasteiger partial charge is 0.469 e. The molecule has 1 aromatic carbocycles. The zero-order valence-corrected chi connectivity index (χ0v) is 11.0. The molecule has 0 saturated carbocycles. The van der Waals surface area contributed by atoms with Gasteiger partial charge in [0.2, 0.25) is 0 Å². The molecule has 0 spiro atoms. The number of methoxy groups -OCH3 is 1. The standard InChI is InChI=1S/C14H18N2O3/c1-19-14(18)8-13-9-15-5-6-16(13)12-4-2-3-11(7-12)10-17/h2-4,7,10,13,15H,5-6,8-9H2,1H3. The van der Waals surface area contributed by atoms with E-state index in [0.717, 1.165) is 31.6 Å². The smallest absolute Gasteiger partial charge is 0.307 e. The topological polar surface area (TPSA) is 58.6 Å². The van der Waals surface area contributed by atoms with Crippen LogP contribution in [0.2, 0.25) is 0 Å².